The lowest BCUT2D eigenvalue weighted by molar-refractivity contribution is -0.274. The Morgan fingerprint density at radius 1 is 0.950 bits per heavy atom. The summed E-state index contributed by atoms with van der Waals surface area (Å²) in [6.07, 6.45) is 5.49. The molecule has 0 unspecified atom stereocenters. The van der Waals surface area contributed by atoms with Crippen LogP contribution in [0.1, 0.15) is 55.1 Å². The minimum Gasteiger partial charge on any atom is -0.487 e. The summed E-state index contributed by atoms with van der Waals surface area (Å²) in [5.74, 6) is 0.774. The van der Waals surface area contributed by atoms with Gasteiger partial charge in [-0.3, -0.25) is 4.57 Å². The maximum Gasteiger partial charge on any atom is 0.573 e. The van der Waals surface area contributed by atoms with Crippen LogP contribution in [0.5, 0.6) is 11.5 Å². The molecule has 0 radical (unpaired) electrons. The molecule has 8 nitrogen and oxygen atoms in total. The number of nitrogens with zero attached hydrogens (tertiary/aromatic N) is 4. The number of hydrogen-bond donors (Lipinski definition) is 0. The van der Waals surface area contributed by atoms with Crippen LogP contribution in [0.2, 0.25) is 0 Å². The lowest BCUT2D eigenvalue weighted by atomic mass is 10.1. The Kier molecular flexibility index (Phi) is 9.37. The fourth-order valence-electron chi connectivity index (χ4n) is 3.67. The number of halogens is 3. The fraction of sp³-hybridized carbons (Fsp3) is 0.321. The van der Waals surface area contributed by atoms with Gasteiger partial charge in [0.1, 0.15) is 30.1 Å². The summed E-state index contributed by atoms with van der Waals surface area (Å²) in [5, 5.41) is 7.99. The first kappa shape index (κ1) is 29.0. The third-order valence-corrected chi connectivity index (χ3v) is 6.44. The van der Waals surface area contributed by atoms with Gasteiger partial charge in [-0.15, -0.1) is 13.2 Å². The Balaban J connectivity index is 1.18. The molecule has 0 spiro atoms. The van der Waals surface area contributed by atoms with Crippen molar-refractivity contribution in [2.24, 2.45) is 0 Å². The zero-order valence-corrected chi connectivity index (χ0v) is 22.9. The highest BCUT2D eigenvalue weighted by Crippen LogP contribution is 2.26. The van der Waals surface area contributed by atoms with Crippen LogP contribution in [0.3, 0.4) is 0 Å². The number of ether oxygens (including phenoxy) is 2. The van der Waals surface area contributed by atoms with Gasteiger partial charge >= 0.3 is 6.36 Å². The molecule has 4 rings (SSSR count). The highest BCUT2D eigenvalue weighted by atomic mass is 31.1. The summed E-state index contributed by atoms with van der Waals surface area (Å²) in [6.45, 7) is 3.85. The minimum absolute atomic E-state index is 0.0267. The van der Waals surface area contributed by atoms with Crippen LogP contribution in [0.4, 0.5) is 13.2 Å². The first-order valence-corrected chi connectivity index (χ1v) is 13.4. The van der Waals surface area contributed by atoms with Gasteiger partial charge in [0, 0.05) is 6.08 Å². The standard InChI is InChI=1S/C28H28F3N4O4P/c1-27(2,40-36)35-32-17-22(34-35)6-4-3-5-20-7-12-24(13-8-20)37-18-23-19-38-26(33-23)16-11-21-9-14-25(15-10-21)39-28(29,30)31/h7-17,19H,3-6,18H2,1-2H3. The SMILES string of the molecule is CC(C)(P=O)n1ncc(CCCCc2ccc(OCc3coc(C=Cc4ccc(OC(F)(F)F)cc4)n3)cc2)n1. The number of rotatable bonds is 13. The van der Waals surface area contributed by atoms with Crippen LogP contribution in [-0.2, 0) is 29.3 Å². The van der Waals surface area contributed by atoms with Crippen LogP contribution >= 0.6 is 8.46 Å². The van der Waals surface area contributed by atoms with Gasteiger partial charge in [0.25, 0.3) is 0 Å². The Morgan fingerprint density at radius 3 is 2.35 bits per heavy atom. The highest BCUT2D eigenvalue weighted by molar-refractivity contribution is 7.24. The molecular weight excluding hydrogens is 544 g/mol. The maximum atomic E-state index is 12.3. The van der Waals surface area contributed by atoms with Crippen molar-refractivity contribution in [3.63, 3.8) is 0 Å². The van der Waals surface area contributed by atoms with Crippen molar-refractivity contribution >= 4 is 20.6 Å². The van der Waals surface area contributed by atoms with Gasteiger partial charge in [0.2, 0.25) is 5.89 Å². The fourth-order valence-corrected chi connectivity index (χ4v) is 3.84. The molecule has 4 aromatic rings. The summed E-state index contributed by atoms with van der Waals surface area (Å²) in [6, 6.07) is 13.4. The molecule has 40 heavy (non-hydrogen) atoms. The zero-order valence-electron chi connectivity index (χ0n) is 22.0. The number of unbranched alkanes of at least 4 members (excludes halogenated alkanes) is 1. The van der Waals surface area contributed by atoms with Crippen LogP contribution in [0.15, 0.2) is 65.4 Å². The van der Waals surface area contributed by atoms with Gasteiger partial charge < -0.3 is 13.9 Å². The van der Waals surface area contributed by atoms with E-state index < -0.39 is 11.6 Å². The lowest BCUT2D eigenvalue weighted by Crippen LogP contribution is -2.22. The molecule has 0 aliphatic carbocycles. The van der Waals surface area contributed by atoms with E-state index in [1.807, 2.05) is 38.1 Å². The van der Waals surface area contributed by atoms with E-state index in [4.69, 9.17) is 9.15 Å². The lowest BCUT2D eigenvalue weighted by Gasteiger charge is -2.13. The van der Waals surface area contributed by atoms with E-state index in [0.717, 1.165) is 31.4 Å². The van der Waals surface area contributed by atoms with Crippen molar-refractivity contribution in [3.8, 4) is 11.5 Å². The number of alkyl halides is 3. The Labute approximate surface area is 231 Å². The summed E-state index contributed by atoms with van der Waals surface area (Å²) in [4.78, 5) is 5.83. The minimum atomic E-state index is -4.72. The second kappa shape index (κ2) is 12.9. The summed E-state index contributed by atoms with van der Waals surface area (Å²) in [7, 11) is -0.0267. The monoisotopic (exact) mass is 572 g/mol. The molecule has 0 aliphatic heterocycles. The normalized spacial score (nSPS) is 12.3. The van der Waals surface area contributed by atoms with Crippen LogP contribution in [0, 0.1) is 0 Å². The van der Waals surface area contributed by atoms with Crippen molar-refractivity contribution in [3.05, 3.63) is 89.4 Å². The third kappa shape index (κ3) is 8.77. The van der Waals surface area contributed by atoms with Crippen molar-refractivity contribution in [1.82, 2.24) is 20.0 Å². The molecule has 0 aliphatic rings. The molecule has 0 amide bonds. The quantitative estimate of drug-likeness (QED) is 0.121. The average Bonchev–Trinajstić information content (AvgIpc) is 3.60. The maximum absolute atomic E-state index is 12.3. The molecule has 2 aromatic carbocycles. The zero-order chi connectivity index (χ0) is 28.6. The molecule has 0 saturated carbocycles. The Morgan fingerprint density at radius 2 is 1.65 bits per heavy atom. The molecule has 0 saturated heterocycles. The van der Waals surface area contributed by atoms with Crippen LogP contribution in [0.25, 0.3) is 12.2 Å². The third-order valence-electron chi connectivity index (χ3n) is 5.81. The van der Waals surface area contributed by atoms with Crippen molar-refractivity contribution in [2.45, 2.75) is 57.8 Å². The van der Waals surface area contributed by atoms with Gasteiger partial charge in [0.15, 0.2) is 13.7 Å². The van der Waals surface area contributed by atoms with Gasteiger partial charge in [-0.1, -0.05) is 24.3 Å². The second-order valence-corrected chi connectivity index (χ2v) is 10.8. The predicted octanol–water partition coefficient (Wildman–Crippen LogP) is 7.46. The molecule has 210 valence electrons. The molecule has 2 heterocycles. The van der Waals surface area contributed by atoms with Crippen molar-refractivity contribution in [2.75, 3.05) is 0 Å². The average molecular weight is 573 g/mol. The predicted molar refractivity (Wildman–Crippen MR) is 143 cm³/mol. The number of benzene rings is 2. The molecule has 0 atom stereocenters. The summed E-state index contributed by atoms with van der Waals surface area (Å²) >= 11 is 0. The van der Waals surface area contributed by atoms with Gasteiger partial charge in [0.05, 0.1) is 11.9 Å². The number of aromatic nitrogens is 4. The van der Waals surface area contributed by atoms with Crippen LogP contribution < -0.4 is 9.47 Å². The van der Waals surface area contributed by atoms with E-state index in [9.17, 15) is 17.7 Å². The first-order chi connectivity index (χ1) is 19.1. The number of oxazole rings is 1. The van der Waals surface area contributed by atoms with E-state index >= 15 is 0 Å². The number of aryl methyl sites for hydroxylation is 2. The topological polar surface area (TPSA) is 92.3 Å². The second-order valence-electron chi connectivity index (χ2n) is 9.48. The molecule has 0 bridgehead atoms. The first-order valence-electron chi connectivity index (χ1n) is 12.6. The van der Waals surface area contributed by atoms with Gasteiger partial charge in [-0.25, -0.2) is 4.98 Å². The molecule has 12 heteroatoms. The Bertz CT molecular complexity index is 1410. The summed E-state index contributed by atoms with van der Waals surface area (Å²) < 4.78 is 63.1. The van der Waals surface area contributed by atoms with E-state index in [0.29, 0.717) is 22.9 Å². The number of hydrogen-bond acceptors (Lipinski definition) is 7. The highest BCUT2D eigenvalue weighted by Gasteiger charge is 2.30. The van der Waals surface area contributed by atoms with Crippen LogP contribution in [-0.4, -0.2) is 26.3 Å². The summed E-state index contributed by atoms with van der Waals surface area (Å²) in [5.41, 5.74) is 3.36. The molecule has 0 fully saturated rings. The molecular formula is C28H28F3N4O4P. The van der Waals surface area contributed by atoms with E-state index in [1.165, 1.54) is 40.9 Å². The Hall–Kier alpha value is -3.98. The molecule has 0 N–H and O–H groups in total. The van der Waals surface area contributed by atoms with E-state index in [2.05, 4.69) is 19.9 Å². The van der Waals surface area contributed by atoms with Gasteiger partial charge in [-0.05, 0) is 81.0 Å². The molecule has 2 aromatic heterocycles. The van der Waals surface area contributed by atoms with Crippen molar-refractivity contribution < 1.29 is 31.6 Å². The van der Waals surface area contributed by atoms with Gasteiger partial charge in [-0.2, -0.15) is 15.0 Å². The smallest absolute Gasteiger partial charge is 0.487 e. The van der Waals surface area contributed by atoms with E-state index in [-0.39, 0.29) is 20.8 Å². The van der Waals surface area contributed by atoms with E-state index in [1.54, 1.807) is 18.3 Å². The van der Waals surface area contributed by atoms with Crippen molar-refractivity contribution in [1.29, 1.82) is 0 Å². The largest absolute Gasteiger partial charge is 0.573 e.